The summed E-state index contributed by atoms with van der Waals surface area (Å²) in [6.45, 7) is 3.91. The molecule has 0 aliphatic carbocycles. The Morgan fingerprint density at radius 1 is 1.79 bits per heavy atom. The van der Waals surface area contributed by atoms with Crippen molar-refractivity contribution in [1.29, 1.82) is 0 Å². The summed E-state index contributed by atoms with van der Waals surface area (Å²) in [4.78, 5) is 11.4. The van der Waals surface area contributed by atoms with E-state index >= 15 is 0 Å². The molecule has 76 valence electrons. The molecule has 1 aromatic rings. The number of carbonyl (C=O) groups excluding carboxylic acids is 1. The molecule has 14 heavy (non-hydrogen) atoms. The summed E-state index contributed by atoms with van der Waals surface area (Å²) in [5.41, 5.74) is 5.81. The number of carbonyl (C=O) groups is 1. The van der Waals surface area contributed by atoms with E-state index in [0.29, 0.717) is 18.1 Å². The predicted molar refractivity (Wildman–Crippen MR) is 53.6 cm³/mol. The Morgan fingerprint density at radius 3 is 3.07 bits per heavy atom. The van der Waals surface area contributed by atoms with Crippen molar-refractivity contribution in [2.75, 3.05) is 12.3 Å². The van der Waals surface area contributed by atoms with E-state index in [-0.39, 0.29) is 0 Å². The molecule has 0 unspecified atom stereocenters. The summed E-state index contributed by atoms with van der Waals surface area (Å²) in [5.74, 6) is -0.124. The molecule has 0 fully saturated rings. The second-order valence-electron chi connectivity index (χ2n) is 2.60. The fourth-order valence-electron chi connectivity index (χ4n) is 1.03. The predicted octanol–water partition coefficient (Wildman–Crippen LogP) is 1.13. The van der Waals surface area contributed by atoms with E-state index in [4.69, 9.17) is 10.5 Å². The topological polar surface area (TPSA) is 70.1 Å². The number of aromatic nitrogens is 2. The first-order valence-corrected chi connectivity index (χ1v) is 4.34. The molecule has 2 N–H and O–H groups in total. The first-order valence-electron chi connectivity index (χ1n) is 4.34. The lowest BCUT2D eigenvalue weighted by atomic mass is 10.4. The minimum Gasteiger partial charge on any atom is -0.461 e. The SMILES string of the molecule is C/C=C/n1nc(N)cc1C(=O)OCC. The van der Waals surface area contributed by atoms with Crippen molar-refractivity contribution in [2.45, 2.75) is 13.8 Å². The third-order valence-electron chi connectivity index (χ3n) is 1.53. The van der Waals surface area contributed by atoms with Crippen LogP contribution in [0.2, 0.25) is 0 Å². The molecule has 0 bridgehead atoms. The number of nitrogens with zero attached hydrogens (tertiary/aromatic N) is 2. The van der Waals surface area contributed by atoms with E-state index in [9.17, 15) is 4.79 Å². The molecule has 0 saturated heterocycles. The number of anilines is 1. The van der Waals surface area contributed by atoms with Gasteiger partial charge in [0.2, 0.25) is 0 Å². The summed E-state index contributed by atoms with van der Waals surface area (Å²) in [6.07, 6.45) is 3.40. The average Bonchev–Trinajstić information content (AvgIpc) is 2.48. The zero-order chi connectivity index (χ0) is 10.6. The van der Waals surface area contributed by atoms with Crippen molar-refractivity contribution in [3.8, 4) is 0 Å². The molecule has 5 nitrogen and oxygen atoms in total. The first-order chi connectivity index (χ1) is 6.69. The van der Waals surface area contributed by atoms with Gasteiger partial charge >= 0.3 is 5.97 Å². The maximum atomic E-state index is 11.4. The van der Waals surface area contributed by atoms with E-state index in [1.165, 1.54) is 10.7 Å². The van der Waals surface area contributed by atoms with Crippen molar-refractivity contribution in [3.05, 3.63) is 17.8 Å². The lowest BCUT2D eigenvalue weighted by Gasteiger charge is -2.00. The molecule has 0 radical (unpaired) electrons. The van der Waals surface area contributed by atoms with Gasteiger partial charge in [0.25, 0.3) is 0 Å². The van der Waals surface area contributed by atoms with E-state index in [1.807, 2.05) is 6.92 Å². The van der Waals surface area contributed by atoms with Crippen LogP contribution in [0.3, 0.4) is 0 Å². The van der Waals surface area contributed by atoms with Crippen LogP contribution in [0.5, 0.6) is 0 Å². The Labute approximate surface area is 82.2 Å². The smallest absolute Gasteiger partial charge is 0.357 e. The van der Waals surface area contributed by atoms with Crippen molar-refractivity contribution < 1.29 is 9.53 Å². The fraction of sp³-hybridized carbons (Fsp3) is 0.333. The Hall–Kier alpha value is -1.78. The maximum Gasteiger partial charge on any atom is 0.357 e. The van der Waals surface area contributed by atoms with Crippen LogP contribution in [0.15, 0.2) is 12.1 Å². The van der Waals surface area contributed by atoms with Gasteiger partial charge in [0, 0.05) is 12.3 Å². The number of hydrogen-bond donors (Lipinski definition) is 1. The Morgan fingerprint density at radius 2 is 2.50 bits per heavy atom. The number of allylic oxidation sites excluding steroid dienone is 1. The van der Waals surface area contributed by atoms with Gasteiger partial charge in [0.1, 0.15) is 5.82 Å². The van der Waals surface area contributed by atoms with Gasteiger partial charge in [-0.2, -0.15) is 5.10 Å². The number of ether oxygens (including phenoxy) is 1. The first kappa shape index (κ1) is 10.3. The molecular weight excluding hydrogens is 182 g/mol. The van der Waals surface area contributed by atoms with Gasteiger partial charge < -0.3 is 10.5 Å². The molecule has 1 rings (SSSR count). The highest BCUT2D eigenvalue weighted by molar-refractivity contribution is 5.89. The Balaban J connectivity index is 3.00. The van der Waals surface area contributed by atoms with Gasteiger partial charge in [-0.25, -0.2) is 9.48 Å². The van der Waals surface area contributed by atoms with Crippen molar-refractivity contribution in [3.63, 3.8) is 0 Å². The van der Waals surface area contributed by atoms with Crippen LogP contribution in [-0.2, 0) is 4.74 Å². The van der Waals surface area contributed by atoms with E-state index in [1.54, 1.807) is 19.2 Å². The number of hydrogen-bond acceptors (Lipinski definition) is 4. The highest BCUT2D eigenvalue weighted by atomic mass is 16.5. The molecule has 0 amide bonds. The zero-order valence-corrected chi connectivity index (χ0v) is 8.23. The average molecular weight is 195 g/mol. The summed E-state index contributed by atoms with van der Waals surface area (Å²) in [6, 6.07) is 1.48. The van der Waals surface area contributed by atoms with Crippen molar-refractivity contribution in [2.24, 2.45) is 0 Å². The largest absolute Gasteiger partial charge is 0.461 e. The molecule has 0 saturated carbocycles. The van der Waals surface area contributed by atoms with E-state index in [2.05, 4.69) is 5.10 Å². The highest BCUT2D eigenvalue weighted by Crippen LogP contribution is 2.08. The molecule has 0 spiro atoms. The second-order valence-corrected chi connectivity index (χ2v) is 2.60. The lowest BCUT2D eigenvalue weighted by molar-refractivity contribution is 0.0516. The van der Waals surface area contributed by atoms with Crippen LogP contribution in [0.1, 0.15) is 24.3 Å². The molecule has 0 aliphatic rings. The van der Waals surface area contributed by atoms with Crippen LogP contribution in [0.4, 0.5) is 5.82 Å². The van der Waals surface area contributed by atoms with Crippen molar-refractivity contribution >= 4 is 18.0 Å². The molecule has 0 aliphatic heterocycles. The maximum absolute atomic E-state index is 11.4. The third kappa shape index (κ3) is 2.12. The quantitative estimate of drug-likeness (QED) is 0.734. The number of nitrogen functional groups attached to an aromatic ring is 1. The second kappa shape index (κ2) is 4.45. The van der Waals surface area contributed by atoms with Crippen LogP contribution in [0, 0.1) is 0 Å². The minimum absolute atomic E-state index is 0.297. The van der Waals surface area contributed by atoms with Crippen LogP contribution in [0.25, 0.3) is 6.20 Å². The van der Waals surface area contributed by atoms with Gasteiger partial charge in [0.05, 0.1) is 6.61 Å². The zero-order valence-electron chi connectivity index (χ0n) is 8.23. The summed E-state index contributed by atoms with van der Waals surface area (Å²) in [7, 11) is 0. The molecule has 1 heterocycles. The summed E-state index contributed by atoms with van der Waals surface area (Å²) >= 11 is 0. The van der Waals surface area contributed by atoms with Gasteiger partial charge in [-0.05, 0) is 13.8 Å². The van der Waals surface area contributed by atoms with Gasteiger partial charge in [0.15, 0.2) is 5.69 Å². The highest BCUT2D eigenvalue weighted by Gasteiger charge is 2.13. The third-order valence-corrected chi connectivity index (χ3v) is 1.53. The fourth-order valence-corrected chi connectivity index (χ4v) is 1.03. The number of esters is 1. The van der Waals surface area contributed by atoms with Crippen molar-refractivity contribution in [1.82, 2.24) is 9.78 Å². The standard InChI is InChI=1S/C9H13N3O2/c1-3-5-12-7(6-8(10)11-12)9(13)14-4-2/h3,5-6H,4H2,1-2H3,(H2,10,11)/b5-3+. The molecule has 0 atom stereocenters. The summed E-state index contributed by atoms with van der Waals surface area (Å²) in [5, 5.41) is 3.91. The molecule has 1 aromatic heterocycles. The lowest BCUT2D eigenvalue weighted by Crippen LogP contribution is -2.09. The summed E-state index contributed by atoms with van der Waals surface area (Å²) < 4.78 is 6.24. The number of rotatable bonds is 3. The van der Waals surface area contributed by atoms with Crippen LogP contribution >= 0.6 is 0 Å². The normalized spacial score (nSPS) is 10.7. The molecule has 0 aromatic carbocycles. The van der Waals surface area contributed by atoms with Crippen LogP contribution in [-0.4, -0.2) is 22.4 Å². The minimum atomic E-state index is -0.421. The Kier molecular flexibility index (Phi) is 3.28. The number of nitrogens with two attached hydrogens (primary N) is 1. The Bertz CT molecular complexity index is 355. The van der Waals surface area contributed by atoms with E-state index < -0.39 is 5.97 Å². The van der Waals surface area contributed by atoms with Gasteiger partial charge in [-0.1, -0.05) is 6.08 Å². The van der Waals surface area contributed by atoms with Gasteiger partial charge in [-0.15, -0.1) is 0 Å². The molecule has 5 heteroatoms. The molecular formula is C9H13N3O2. The van der Waals surface area contributed by atoms with Crippen LogP contribution < -0.4 is 5.73 Å². The van der Waals surface area contributed by atoms with E-state index in [0.717, 1.165) is 0 Å². The van der Waals surface area contributed by atoms with Gasteiger partial charge in [-0.3, -0.25) is 0 Å². The monoisotopic (exact) mass is 195 g/mol.